The van der Waals surface area contributed by atoms with Crippen molar-refractivity contribution in [3.05, 3.63) is 46.0 Å². The maximum atomic E-state index is 13.4. The van der Waals surface area contributed by atoms with E-state index in [0.29, 0.717) is 24.2 Å². The number of amides is 3. The van der Waals surface area contributed by atoms with E-state index in [4.69, 9.17) is 33.6 Å². The molecule has 256 valence electrons. The van der Waals surface area contributed by atoms with Crippen LogP contribution < -0.4 is 32.4 Å². The van der Waals surface area contributed by atoms with Gasteiger partial charge in [0.05, 0.1) is 0 Å². The van der Waals surface area contributed by atoms with Crippen molar-refractivity contribution in [1.82, 2.24) is 20.2 Å². The highest BCUT2D eigenvalue weighted by atomic mass is 35.5. The van der Waals surface area contributed by atoms with Gasteiger partial charge in [-0.05, 0) is 43.4 Å². The maximum absolute atomic E-state index is 13.4. The van der Waals surface area contributed by atoms with Crippen molar-refractivity contribution < 1.29 is 43.6 Å². The number of hydrogen-bond donors (Lipinski definition) is 7. The third-order valence-electron chi connectivity index (χ3n) is 6.84. The number of nitrogens with zero attached hydrogens (tertiary/aromatic N) is 5. The van der Waals surface area contributed by atoms with E-state index in [0.717, 1.165) is 16.2 Å². The number of fused-ring (bicyclic) bond motifs is 1. The van der Waals surface area contributed by atoms with E-state index < -0.39 is 46.5 Å². The number of carboxylic acids is 2. The van der Waals surface area contributed by atoms with E-state index in [-0.39, 0.29) is 51.3 Å². The maximum Gasteiger partial charge on any atom is 0.352 e. The first-order valence-corrected chi connectivity index (χ1v) is 16.3. The number of allylic oxidation sites excluding steroid dienone is 2. The van der Waals surface area contributed by atoms with Gasteiger partial charge in [-0.2, -0.15) is 0 Å². The summed E-state index contributed by atoms with van der Waals surface area (Å²) in [6.45, 7) is 3.00. The molecule has 4 rings (SSSR count). The first kappa shape index (κ1) is 36.1. The fourth-order valence-corrected chi connectivity index (χ4v) is 6.54. The van der Waals surface area contributed by atoms with Crippen molar-refractivity contribution in [2.75, 3.05) is 29.1 Å². The Kier molecular flexibility index (Phi) is 11.2. The summed E-state index contributed by atoms with van der Waals surface area (Å²) in [6, 6.07) is -1.16. The van der Waals surface area contributed by atoms with Crippen LogP contribution in [0.25, 0.3) is 0 Å². The van der Waals surface area contributed by atoms with Crippen LogP contribution in [-0.2, 0) is 35.4 Å². The van der Waals surface area contributed by atoms with Crippen LogP contribution in [0.1, 0.15) is 32.4 Å². The number of nitrogens with one attached hydrogen (secondary N) is 2. The van der Waals surface area contributed by atoms with E-state index in [1.165, 1.54) is 31.9 Å². The van der Waals surface area contributed by atoms with Gasteiger partial charge in [0, 0.05) is 12.2 Å². The number of carboxylic acid groups (broad SMARTS) is 2. The van der Waals surface area contributed by atoms with Gasteiger partial charge in [-0.15, -0.1) is 11.8 Å². The lowest BCUT2D eigenvalue weighted by atomic mass is 10.0. The molecule has 2 aliphatic rings. The minimum absolute atomic E-state index is 0.00450. The zero-order chi connectivity index (χ0) is 35.3. The largest absolute Gasteiger partial charge is 0.478 e. The molecule has 21 heteroatoms. The van der Waals surface area contributed by atoms with Crippen LogP contribution in [0.15, 0.2) is 41.1 Å². The first-order valence-electron chi connectivity index (χ1n) is 14.1. The lowest BCUT2D eigenvalue weighted by molar-refractivity contribution is -0.689. The quantitative estimate of drug-likeness (QED) is 0.0580. The Bertz CT molecular complexity index is 1740. The molecule has 0 saturated carbocycles. The molecule has 0 radical (unpaired) electrons. The number of thiazole rings is 1. The predicted molar refractivity (Wildman–Crippen MR) is 175 cm³/mol. The van der Waals surface area contributed by atoms with Crippen molar-refractivity contribution in [1.29, 1.82) is 0 Å². The monoisotopic (exact) mass is 723 g/mol. The Morgan fingerprint density at radius 2 is 2.02 bits per heavy atom. The molecular formula is C27H32ClN10O8S2+. The molecule has 0 bridgehead atoms. The molecule has 0 spiro atoms. The van der Waals surface area contributed by atoms with Crippen LogP contribution >= 0.6 is 34.7 Å². The summed E-state index contributed by atoms with van der Waals surface area (Å²) >= 11 is 8.23. The number of anilines is 3. The van der Waals surface area contributed by atoms with Gasteiger partial charge in [0.1, 0.15) is 39.9 Å². The molecule has 2 atom stereocenters. The summed E-state index contributed by atoms with van der Waals surface area (Å²) < 4.78 is 1.59. The van der Waals surface area contributed by atoms with Crippen LogP contribution in [0.4, 0.5) is 16.6 Å². The van der Waals surface area contributed by atoms with Crippen molar-refractivity contribution in [2.24, 2.45) is 10.9 Å². The summed E-state index contributed by atoms with van der Waals surface area (Å²) in [5.41, 5.74) is 14.9. The number of carbonyl (C=O) groups is 5. The molecule has 10 N–H and O–H groups in total. The van der Waals surface area contributed by atoms with E-state index in [2.05, 4.69) is 25.8 Å². The summed E-state index contributed by atoms with van der Waals surface area (Å²) in [4.78, 5) is 76.7. The molecule has 48 heavy (non-hydrogen) atoms. The van der Waals surface area contributed by atoms with Crippen LogP contribution in [0.3, 0.4) is 0 Å². The molecular weight excluding hydrogens is 692 g/mol. The first-order chi connectivity index (χ1) is 22.6. The zero-order valence-corrected chi connectivity index (χ0v) is 27.9. The molecule has 0 aromatic carbocycles. The number of thioether (sulfide) groups is 1. The number of hydrogen-bond acceptors (Lipinski definition) is 14. The van der Waals surface area contributed by atoms with Crippen molar-refractivity contribution in [3.8, 4) is 0 Å². The Morgan fingerprint density at radius 3 is 2.65 bits per heavy atom. The van der Waals surface area contributed by atoms with Crippen molar-refractivity contribution in [3.63, 3.8) is 0 Å². The third kappa shape index (κ3) is 8.01. The number of nitrogen functional groups attached to an aromatic ring is 2. The molecule has 3 amide bonds. The van der Waals surface area contributed by atoms with Gasteiger partial charge in [-0.3, -0.25) is 19.3 Å². The fourth-order valence-electron chi connectivity index (χ4n) is 4.29. The summed E-state index contributed by atoms with van der Waals surface area (Å²) in [7, 11) is 0. The highest BCUT2D eigenvalue weighted by molar-refractivity contribution is 8.00. The van der Waals surface area contributed by atoms with Crippen LogP contribution in [0, 0.1) is 0 Å². The predicted octanol–water partition coefficient (Wildman–Crippen LogP) is -0.100. The van der Waals surface area contributed by atoms with Gasteiger partial charge in [-0.1, -0.05) is 34.2 Å². The van der Waals surface area contributed by atoms with E-state index in [1.54, 1.807) is 22.9 Å². The Labute approximate surface area is 286 Å². The lowest BCUT2D eigenvalue weighted by Gasteiger charge is -2.49. The second-order valence-electron chi connectivity index (χ2n) is 10.8. The van der Waals surface area contributed by atoms with Crippen molar-refractivity contribution >= 4 is 86.7 Å². The van der Waals surface area contributed by atoms with Crippen LogP contribution in [-0.4, -0.2) is 89.8 Å². The standard InChI is InChI=1S/C27H31ClN10O8S2/c1-27(2,25(44)45)46-36-16(15-19(28)48-26(31)35-15)21(40)34-17-22(41)38-18(24(42)43)12(10-47-23(17)38)5-4-8-37-9-13(20(30)32-11-37)33-14(39)6-3-7-29/h4-5,9,11,17,23,30H,3,6-8,10,29H2,1-2H3,(H6,31,33,34,35,39,40,42,43,44,45)/p+1/b5-4+,36-16-/t17-,23-/m1/s1. The lowest BCUT2D eigenvalue weighted by Crippen LogP contribution is -2.71. The van der Waals surface area contributed by atoms with Crippen molar-refractivity contribution in [2.45, 2.75) is 50.3 Å². The number of nitrogens with two attached hydrogens (primary N) is 3. The normalized spacial score (nSPS) is 18.0. The number of oxime groups is 1. The summed E-state index contributed by atoms with van der Waals surface area (Å²) in [5, 5.41) is 27.5. The Hall–Kier alpha value is -4.79. The number of halogens is 1. The van der Waals surface area contributed by atoms with Gasteiger partial charge in [0.25, 0.3) is 24.0 Å². The average molecular weight is 724 g/mol. The molecule has 2 aromatic heterocycles. The molecule has 1 fully saturated rings. The Morgan fingerprint density at radius 1 is 1.29 bits per heavy atom. The second kappa shape index (κ2) is 15.0. The topological polar surface area (TPSA) is 282 Å². The molecule has 2 aliphatic heterocycles. The molecule has 0 unspecified atom stereocenters. The molecule has 18 nitrogen and oxygen atoms in total. The number of carbonyl (C=O) groups excluding carboxylic acids is 3. The van der Waals surface area contributed by atoms with Gasteiger partial charge in [-0.25, -0.2) is 19.1 Å². The molecule has 2 aromatic rings. The minimum atomic E-state index is -1.83. The van der Waals surface area contributed by atoms with Gasteiger partial charge in [0.2, 0.25) is 11.5 Å². The molecule has 0 aliphatic carbocycles. The number of rotatable bonds is 14. The van der Waals surface area contributed by atoms with Gasteiger partial charge < -0.3 is 42.9 Å². The highest BCUT2D eigenvalue weighted by Gasteiger charge is 2.54. The van der Waals surface area contributed by atoms with Crippen LogP contribution in [0.2, 0.25) is 4.34 Å². The van der Waals surface area contributed by atoms with E-state index in [9.17, 15) is 34.2 Å². The van der Waals surface area contributed by atoms with E-state index in [1.807, 2.05) is 0 Å². The fraction of sp³-hybridized carbons (Fsp3) is 0.370. The second-order valence-corrected chi connectivity index (χ2v) is 13.5. The third-order valence-corrected chi connectivity index (χ3v) is 9.23. The minimum Gasteiger partial charge on any atom is -0.478 e. The van der Waals surface area contributed by atoms with Crippen LogP contribution in [0.5, 0.6) is 0 Å². The SMILES string of the molecule is CC(C)(O/N=C(\C(=O)N[C@@H]1C(=O)N2C(C(=O)O)=C(/C=C/C[n+]3cnc(N)c(NC(=O)CCCN)c3)CS[C@H]12)c1nc(N)sc1Cl)C(=O)O. The van der Waals surface area contributed by atoms with Gasteiger partial charge in [0.15, 0.2) is 16.5 Å². The summed E-state index contributed by atoms with van der Waals surface area (Å²) in [5.74, 6) is -4.36. The summed E-state index contributed by atoms with van der Waals surface area (Å²) in [6.07, 6.45) is 6.98. The highest BCUT2D eigenvalue weighted by Crippen LogP contribution is 2.41. The number of β-lactam (4-membered cyclic amide) rings is 1. The smallest absolute Gasteiger partial charge is 0.352 e. The average Bonchev–Trinajstić information content (AvgIpc) is 3.36. The van der Waals surface area contributed by atoms with E-state index >= 15 is 0 Å². The molecule has 1 saturated heterocycles. The Balaban J connectivity index is 1.49. The number of aliphatic carboxylic acids is 2. The number of aromatic nitrogens is 3. The van der Waals surface area contributed by atoms with Gasteiger partial charge >= 0.3 is 11.9 Å². The zero-order valence-electron chi connectivity index (χ0n) is 25.5. The molecule has 4 heterocycles.